The van der Waals surface area contributed by atoms with E-state index in [2.05, 4.69) is 20.8 Å². The molecule has 0 spiro atoms. The van der Waals surface area contributed by atoms with Gasteiger partial charge in [0.25, 0.3) is 0 Å². The molecule has 4 aliphatic carbocycles. The van der Waals surface area contributed by atoms with Crippen LogP contribution in [0.5, 0.6) is 0 Å². The fourth-order valence-electron chi connectivity index (χ4n) is 10.2. The molecule has 5 rings (SSSR count). The molecule has 4 saturated carbocycles. The van der Waals surface area contributed by atoms with Crippen LogP contribution in [0.1, 0.15) is 124 Å². The summed E-state index contributed by atoms with van der Waals surface area (Å²) in [6, 6.07) is 0. The number of ether oxygens (including phenoxy) is 1. The van der Waals surface area contributed by atoms with Crippen molar-refractivity contribution in [2.45, 2.75) is 147 Å². The lowest BCUT2D eigenvalue weighted by Crippen LogP contribution is -2.60. The number of hydrogen-bond donors (Lipinski definition) is 3. The Kier molecular flexibility index (Phi) is 7.70. The maximum Gasteiger partial charge on any atom is 0.121 e. The van der Waals surface area contributed by atoms with Crippen molar-refractivity contribution in [3.8, 4) is 0 Å². The Balaban J connectivity index is 1.24. The molecule has 5 fully saturated rings. The van der Waals surface area contributed by atoms with Crippen LogP contribution in [0.4, 0.5) is 0 Å². The number of aliphatic hydroxyl groups is 3. The summed E-state index contributed by atoms with van der Waals surface area (Å²) in [4.78, 5) is 0. The van der Waals surface area contributed by atoms with E-state index in [0.29, 0.717) is 30.3 Å². The number of fused-ring (bicyclic) bond motifs is 5. The van der Waals surface area contributed by atoms with Gasteiger partial charge in [-0.3, -0.25) is 0 Å². The van der Waals surface area contributed by atoms with E-state index in [0.717, 1.165) is 44.9 Å². The molecule has 0 bridgehead atoms. The maximum absolute atomic E-state index is 11.8. The van der Waals surface area contributed by atoms with E-state index < -0.39 is 11.7 Å². The first-order valence-electron chi connectivity index (χ1n) is 15.5. The molecule has 3 N–H and O–H groups in total. The van der Waals surface area contributed by atoms with Gasteiger partial charge in [0.1, 0.15) is 5.60 Å². The largest absolute Gasteiger partial charge is 0.393 e. The Morgan fingerprint density at radius 1 is 0.857 bits per heavy atom. The second-order valence-electron chi connectivity index (χ2n) is 14.0. The Morgan fingerprint density at radius 3 is 2.29 bits per heavy atom. The summed E-state index contributed by atoms with van der Waals surface area (Å²) >= 11 is 0. The van der Waals surface area contributed by atoms with Crippen molar-refractivity contribution in [1.82, 2.24) is 0 Å². The van der Waals surface area contributed by atoms with E-state index in [1.165, 1.54) is 57.8 Å². The third kappa shape index (κ3) is 4.45. The molecule has 0 amide bonds. The van der Waals surface area contributed by atoms with E-state index in [1.54, 1.807) is 0 Å². The quantitative estimate of drug-likeness (QED) is 0.250. The summed E-state index contributed by atoms with van der Waals surface area (Å²) < 4.78 is 6.18. The molecular formula is C31H54O4. The summed E-state index contributed by atoms with van der Waals surface area (Å²) in [6.45, 7) is 7.78. The number of hydrogen-bond acceptors (Lipinski definition) is 4. The molecule has 4 nitrogen and oxygen atoms in total. The normalized spacial score (nSPS) is 49.7. The van der Waals surface area contributed by atoms with Crippen molar-refractivity contribution in [1.29, 1.82) is 0 Å². The Bertz CT molecular complexity index is 721. The zero-order valence-electron chi connectivity index (χ0n) is 22.9. The summed E-state index contributed by atoms with van der Waals surface area (Å²) in [5.74, 6) is 2.69. The van der Waals surface area contributed by atoms with Gasteiger partial charge in [0, 0.05) is 11.3 Å². The monoisotopic (exact) mass is 490 g/mol. The first-order chi connectivity index (χ1) is 16.8. The standard InChI is InChI=1S/C31H54O4/c1-4-5-6-7-8-9-10-11-27(33)31(20-35-31)26-15-14-24-23-13-12-21-18-22(32)16-17-29(21,2)25(23)19-28(34)30(24,26)3/h21-28,32-34H,4-20H2,1-3H3/t21-,22-,23-,24-,25-,26-,27+,28+,29-,30-,31-/m0/s1. The van der Waals surface area contributed by atoms with Crippen molar-refractivity contribution in [3.63, 3.8) is 0 Å². The van der Waals surface area contributed by atoms with Gasteiger partial charge in [0.2, 0.25) is 0 Å². The molecule has 202 valence electrons. The minimum atomic E-state index is -0.407. The molecule has 1 saturated heterocycles. The van der Waals surface area contributed by atoms with Gasteiger partial charge in [0.05, 0.1) is 24.9 Å². The third-order valence-corrected chi connectivity index (χ3v) is 12.5. The van der Waals surface area contributed by atoms with Crippen molar-refractivity contribution in [3.05, 3.63) is 0 Å². The number of aliphatic hydroxyl groups excluding tert-OH is 3. The zero-order chi connectivity index (χ0) is 24.8. The van der Waals surface area contributed by atoms with E-state index in [1.807, 2.05) is 0 Å². The van der Waals surface area contributed by atoms with Gasteiger partial charge in [0.15, 0.2) is 0 Å². The fourth-order valence-corrected chi connectivity index (χ4v) is 10.2. The molecule has 35 heavy (non-hydrogen) atoms. The van der Waals surface area contributed by atoms with Gasteiger partial charge in [-0.05, 0) is 86.9 Å². The van der Waals surface area contributed by atoms with Crippen LogP contribution < -0.4 is 0 Å². The first kappa shape index (κ1) is 26.4. The zero-order valence-corrected chi connectivity index (χ0v) is 22.9. The molecule has 0 radical (unpaired) electrons. The van der Waals surface area contributed by atoms with Gasteiger partial charge in [-0.25, -0.2) is 0 Å². The SMILES string of the molecule is CCCCCCCCC[C@@H](O)[C@@]1([C@H]2CC[C@H]3[C@@H]4CC[C@H]5C[C@@H](O)CC[C@]5(C)[C@H]4C[C@@H](O)[C@]23C)CO1. The second-order valence-corrected chi connectivity index (χ2v) is 14.0. The molecule has 0 unspecified atom stereocenters. The van der Waals surface area contributed by atoms with Crippen LogP contribution in [-0.4, -0.2) is 45.8 Å². The van der Waals surface area contributed by atoms with Gasteiger partial charge < -0.3 is 20.1 Å². The lowest BCUT2D eigenvalue weighted by molar-refractivity contribution is -0.180. The predicted molar refractivity (Wildman–Crippen MR) is 140 cm³/mol. The summed E-state index contributed by atoms with van der Waals surface area (Å²) in [5, 5.41) is 33.5. The average molecular weight is 491 g/mol. The fraction of sp³-hybridized carbons (Fsp3) is 1.00. The minimum Gasteiger partial charge on any atom is -0.393 e. The molecule has 0 aromatic carbocycles. The minimum absolute atomic E-state index is 0.121. The van der Waals surface area contributed by atoms with Gasteiger partial charge in [-0.1, -0.05) is 65.7 Å². The van der Waals surface area contributed by atoms with Gasteiger partial charge in [-0.15, -0.1) is 0 Å². The van der Waals surface area contributed by atoms with E-state index in [-0.39, 0.29) is 29.0 Å². The van der Waals surface area contributed by atoms with Gasteiger partial charge >= 0.3 is 0 Å². The maximum atomic E-state index is 11.8. The molecule has 5 aliphatic rings. The molecule has 0 aromatic rings. The highest BCUT2D eigenvalue weighted by Crippen LogP contribution is 2.70. The van der Waals surface area contributed by atoms with E-state index in [9.17, 15) is 15.3 Å². The van der Waals surface area contributed by atoms with Crippen molar-refractivity contribution >= 4 is 0 Å². The molecule has 1 heterocycles. The van der Waals surface area contributed by atoms with E-state index >= 15 is 0 Å². The number of unbranched alkanes of at least 4 members (excludes halogenated alkanes) is 6. The Hall–Kier alpha value is -0.160. The van der Waals surface area contributed by atoms with Crippen LogP contribution in [0.25, 0.3) is 0 Å². The highest BCUT2D eigenvalue weighted by Gasteiger charge is 2.70. The molecular weight excluding hydrogens is 436 g/mol. The van der Waals surface area contributed by atoms with Crippen molar-refractivity contribution in [2.24, 2.45) is 40.4 Å². The summed E-state index contributed by atoms with van der Waals surface area (Å²) in [7, 11) is 0. The van der Waals surface area contributed by atoms with Crippen molar-refractivity contribution < 1.29 is 20.1 Å². The smallest absolute Gasteiger partial charge is 0.121 e. The van der Waals surface area contributed by atoms with E-state index in [4.69, 9.17) is 4.74 Å². The highest BCUT2D eigenvalue weighted by atomic mass is 16.6. The number of epoxide rings is 1. The molecule has 4 heteroatoms. The van der Waals surface area contributed by atoms with Crippen LogP contribution in [-0.2, 0) is 4.74 Å². The molecule has 11 atom stereocenters. The van der Waals surface area contributed by atoms with Gasteiger partial charge in [-0.2, -0.15) is 0 Å². The first-order valence-corrected chi connectivity index (χ1v) is 15.5. The van der Waals surface area contributed by atoms with Crippen LogP contribution >= 0.6 is 0 Å². The second kappa shape index (κ2) is 10.2. The Labute approximate surface area is 214 Å². The summed E-state index contributed by atoms with van der Waals surface area (Å²) in [5.41, 5.74) is -0.279. The highest BCUT2D eigenvalue weighted by molar-refractivity contribution is 5.19. The number of rotatable bonds is 10. The molecule has 1 aliphatic heterocycles. The predicted octanol–water partition coefficient (Wildman–Crippen LogP) is 6.25. The average Bonchev–Trinajstić information content (AvgIpc) is 3.55. The topological polar surface area (TPSA) is 73.2 Å². The van der Waals surface area contributed by atoms with Crippen LogP contribution in [0.3, 0.4) is 0 Å². The van der Waals surface area contributed by atoms with Crippen LogP contribution in [0, 0.1) is 40.4 Å². The Morgan fingerprint density at radius 2 is 1.57 bits per heavy atom. The van der Waals surface area contributed by atoms with Crippen LogP contribution in [0.2, 0.25) is 0 Å². The summed E-state index contributed by atoms with van der Waals surface area (Å²) in [6.07, 6.45) is 17.6. The lowest BCUT2D eigenvalue weighted by atomic mass is 9.43. The van der Waals surface area contributed by atoms with Crippen molar-refractivity contribution in [2.75, 3.05) is 6.61 Å². The third-order valence-electron chi connectivity index (χ3n) is 12.5. The molecule has 0 aromatic heterocycles. The van der Waals surface area contributed by atoms with Crippen LogP contribution in [0.15, 0.2) is 0 Å². The lowest BCUT2D eigenvalue weighted by Gasteiger charge is -2.62.